The van der Waals surface area contributed by atoms with E-state index >= 15 is 0 Å². The Bertz CT molecular complexity index is 230. The Morgan fingerprint density at radius 3 is 2.93 bits per heavy atom. The predicted molar refractivity (Wildman–Crippen MR) is 53.4 cm³/mol. The number of nitriles is 1. The molecule has 1 unspecified atom stereocenters. The fourth-order valence-corrected chi connectivity index (χ4v) is 1.40. The van der Waals surface area contributed by atoms with Crippen LogP contribution in [0.5, 0.6) is 0 Å². The third kappa shape index (κ3) is 4.83. The summed E-state index contributed by atoms with van der Waals surface area (Å²) in [6.07, 6.45) is 3.84. The van der Waals surface area contributed by atoms with Gasteiger partial charge in [-0.05, 0) is 19.3 Å². The molecule has 0 aromatic heterocycles. The average Bonchev–Trinajstić information content (AvgIpc) is 2.95. The first kappa shape index (κ1) is 11.0. The first-order valence-electron chi connectivity index (χ1n) is 5.09. The lowest BCUT2D eigenvalue weighted by atomic mass is 10.1. The van der Waals surface area contributed by atoms with Crippen LogP contribution >= 0.6 is 0 Å². The molecular weight excluding hydrogens is 178 g/mol. The van der Waals surface area contributed by atoms with Crippen molar-refractivity contribution in [2.45, 2.75) is 32.2 Å². The number of nitrogens with zero attached hydrogens (tertiary/aromatic N) is 1. The van der Waals surface area contributed by atoms with Gasteiger partial charge < -0.3 is 10.6 Å². The standard InChI is InChI=1S/C10H17N3O/c1-8(6-9-2-3-9)13-7-10(14)12-5-4-11/h8-9,13H,2-3,5-7H2,1H3,(H,12,14). The molecule has 1 aliphatic carbocycles. The first-order valence-corrected chi connectivity index (χ1v) is 5.09. The van der Waals surface area contributed by atoms with Gasteiger partial charge in [0.2, 0.25) is 5.91 Å². The Morgan fingerprint density at radius 2 is 2.36 bits per heavy atom. The molecule has 14 heavy (non-hydrogen) atoms. The van der Waals surface area contributed by atoms with Crippen LogP contribution in [0.1, 0.15) is 26.2 Å². The van der Waals surface area contributed by atoms with E-state index in [1.807, 2.05) is 6.07 Å². The number of carbonyl (C=O) groups is 1. The summed E-state index contributed by atoms with van der Waals surface area (Å²) in [4.78, 5) is 11.1. The van der Waals surface area contributed by atoms with Crippen LogP contribution in [-0.2, 0) is 4.79 Å². The van der Waals surface area contributed by atoms with E-state index in [-0.39, 0.29) is 12.5 Å². The molecule has 2 N–H and O–H groups in total. The van der Waals surface area contributed by atoms with E-state index < -0.39 is 0 Å². The van der Waals surface area contributed by atoms with E-state index in [1.54, 1.807) is 0 Å². The molecule has 0 aliphatic heterocycles. The van der Waals surface area contributed by atoms with Crippen LogP contribution in [0.4, 0.5) is 0 Å². The summed E-state index contributed by atoms with van der Waals surface area (Å²) in [5, 5.41) is 13.9. The van der Waals surface area contributed by atoms with Gasteiger partial charge in [-0.2, -0.15) is 5.26 Å². The van der Waals surface area contributed by atoms with Crippen molar-refractivity contribution in [1.82, 2.24) is 10.6 Å². The van der Waals surface area contributed by atoms with Gasteiger partial charge >= 0.3 is 0 Å². The zero-order valence-electron chi connectivity index (χ0n) is 8.55. The quantitative estimate of drug-likeness (QED) is 0.603. The number of amides is 1. The third-order valence-corrected chi connectivity index (χ3v) is 2.36. The molecule has 1 amide bonds. The summed E-state index contributed by atoms with van der Waals surface area (Å²) in [6, 6.07) is 2.27. The second-order valence-electron chi connectivity index (χ2n) is 3.90. The highest BCUT2D eigenvalue weighted by Crippen LogP contribution is 2.33. The molecule has 0 heterocycles. The maximum absolute atomic E-state index is 11.1. The van der Waals surface area contributed by atoms with Gasteiger partial charge in [0.15, 0.2) is 0 Å². The molecule has 78 valence electrons. The van der Waals surface area contributed by atoms with Gasteiger partial charge in [0.05, 0.1) is 12.6 Å². The molecular formula is C10H17N3O. The van der Waals surface area contributed by atoms with Gasteiger partial charge in [0.1, 0.15) is 6.54 Å². The zero-order valence-corrected chi connectivity index (χ0v) is 8.55. The van der Waals surface area contributed by atoms with Crippen LogP contribution in [0.15, 0.2) is 0 Å². The van der Waals surface area contributed by atoms with Crippen molar-refractivity contribution in [3.63, 3.8) is 0 Å². The number of hydrogen-bond donors (Lipinski definition) is 2. The lowest BCUT2D eigenvalue weighted by molar-refractivity contribution is -0.120. The molecule has 0 radical (unpaired) electrons. The molecule has 1 aliphatic rings. The maximum atomic E-state index is 11.1. The van der Waals surface area contributed by atoms with E-state index in [9.17, 15) is 4.79 Å². The van der Waals surface area contributed by atoms with Gasteiger partial charge in [-0.15, -0.1) is 0 Å². The van der Waals surface area contributed by atoms with E-state index in [0.717, 1.165) is 12.3 Å². The predicted octanol–water partition coefficient (Wildman–Crippen LogP) is 0.404. The van der Waals surface area contributed by atoms with Crippen molar-refractivity contribution in [3.8, 4) is 6.07 Å². The summed E-state index contributed by atoms with van der Waals surface area (Å²) >= 11 is 0. The Morgan fingerprint density at radius 1 is 1.64 bits per heavy atom. The van der Waals surface area contributed by atoms with Crippen molar-refractivity contribution >= 4 is 5.91 Å². The lowest BCUT2D eigenvalue weighted by Crippen LogP contribution is -2.38. The summed E-state index contributed by atoms with van der Waals surface area (Å²) in [6.45, 7) is 2.50. The van der Waals surface area contributed by atoms with E-state index in [2.05, 4.69) is 17.6 Å². The molecule has 4 nitrogen and oxygen atoms in total. The second-order valence-corrected chi connectivity index (χ2v) is 3.90. The molecule has 0 saturated heterocycles. The highest BCUT2D eigenvalue weighted by Gasteiger charge is 2.23. The summed E-state index contributed by atoms with van der Waals surface area (Å²) < 4.78 is 0. The Hall–Kier alpha value is -1.08. The summed E-state index contributed by atoms with van der Waals surface area (Å²) in [5.74, 6) is 0.772. The number of nitrogens with one attached hydrogen (secondary N) is 2. The SMILES string of the molecule is CC(CC1CC1)NCC(=O)NCC#N. The lowest BCUT2D eigenvalue weighted by Gasteiger charge is -2.12. The Labute approximate surface area is 84.7 Å². The highest BCUT2D eigenvalue weighted by molar-refractivity contribution is 5.78. The molecule has 0 aromatic carbocycles. The molecule has 0 aromatic rings. The minimum absolute atomic E-state index is 0.0948. The Balaban J connectivity index is 2.00. The van der Waals surface area contributed by atoms with Gasteiger partial charge in [0, 0.05) is 6.04 Å². The number of carbonyl (C=O) groups excluding carboxylic acids is 1. The maximum Gasteiger partial charge on any atom is 0.234 e. The van der Waals surface area contributed by atoms with Crippen LogP contribution < -0.4 is 10.6 Å². The zero-order chi connectivity index (χ0) is 10.4. The van der Waals surface area contributed by atoms with Crippen molar-refractivity contribution in [3.05, 3.63) is 0 Å². The van der Waals surface area contributed by atoms with Crippen molar-refractivity contribution in [2.75, 3.05) is 13.1 Å². The van der Waals surface area contributed by atoms with Crippen LogP contribution in [0.3, 0.4) is 0 Å². The average molecular weight is 195 g/mol. The second kappa shape index (κ2) is 5.61. The van der Waals surface area contributed by atoms with E-state index in [1.165, 1.54) is 12.8 Å². The Kier molecular flexibility index (Phi) is 4.41. The van der Waals surface area contributed by atoms with Crippen LogP contribution in [0.25, 0.3) is 0 Å². The normalized spacial score (nSPS) is 17.1. The minimum Gasteiger partial charge on any atom is -0.342 e. The smallest absolute Gasteiger partial charge is 0.234 e. The first-order chi connectivity index (χ1) is 6.72. The topological polar surface area (TPSA) is 64.9 Å². The summed E-state index contributed by atoms with van der Waals surface area (Å²) in [7, 11) is 0. The van der Waals surface area contributed by atoms with Crippen LogP contribution in [0, 0.1) is 17.2 Å². The van der Waals surface area contributed by atoms with Crippen LogP contribution in [0.2, 0.25) is 0 Å². The van der Waals surface area contributed by atoms with Crippen molar-refractivity contribution in [1.29, 1.82) is 5.26 Å². The highest BCUT2D eigenvalue weighted by atomic mass is 16.1. The monoisotopic (exact) mass is 195 g/mol. The number of rotatable bonds is 6. The minimum atomic E-state index is -0.103. The van der Waals surface area contributed by atoms with Gasteiger partial charge in [0.25, 0.3) is 0 Å². The third-order valence-electron chi connectivity index (χ3n) is 2.36. The van der Waals surface area contributed by atoms with E-state index in [0.29, 0.717) is 12.6 Å². The summed E-state index contributed by atoms with van der Waals surface area (Å²) in [5.41, 5.74) is 0. The van der Waals surface area contributed by atoms with E-state index in [4.69, 9.17) is 5.26 Å². The van der Waals surface area contributed by atoms with Crippen molar-refractivity contribution < 1.29 is 4.79 Å². The fraction of sp³-hybridized carbons (Fsp3) is 0.800. The van der Waals surface area contributed by atoms with Gasteiger partial charge in [-0.1, -0.05) is 12.8 Å². The molecule has 1 saturated carbocycles. The fourth-order valence-electron chi connectivity index (χ4n) is 1.40. The molecule has 0 spiro atoms. The number of hydrogen-bond acceptors (Lipinski definition) is 3. The molecule has 0 bridgehead atoms. The van der Waals surface area contributed by atoms with Crippen molar-refractivity contribution in [2.24, 2.45) is 5.92 Å². The van der Waals surface area contributed by atoms with Gasteiger partial charge in [-0.25, -0.2) is 0 Å². The van der Waals surface area contributed by atoms with Crippen LogP contribution in [-0.4, -0.2) is 25.0 Å². The largest absolute Gasteiger partial charge is 0.342 e. The van der Waals surface area contributed by atoms with Gasteiger partial charge in [-0.3, -0.25) is 4.79 Å². The molecule has 1 atom stereocenters. The molecule has 1 fully saturated rings. The molecule has 1 rings (SSSR count). The molecule has 4 heteroatoms.